The van der Waals surface area contributed by atoms with Gasteiger partial charge in [0.05, 0.1) is 0 Å². The zero-order valence-electron chi connectivity index (χ0n) is 11.9. The normalized spacial score (nSPS) is 13.5. The van der Waals surface area contributed by atoms with Gasteiger partial charge < -0.3 is 10.6 Å². The van der Waals surface area contributed by atoms with Gasteiger partial charge in [0.2, 0.25) is 5.91 Å². The predicted molar refractivity (Wildman–Crippen MR) is 89.1 cm³/mol. The molecular weight excluding hydrogens is 296 g/mol. The number of anilines is 2. The second-order valence-electron chi connectivity index (χ2n) is 5.17. The maximum Gasteiger partial charge on any atom is 0.288 e. The highest BCUT2D eigenvalue weighted by Gasteiger charge is 2.29. The summed E-state index contributed by atoms with van der Waals surface area (Å²) in [7, 11) is 0. The van der Waals surface area contributed by atoms with E-state index in [1.165, 1.54) is 0 Å². The fraction of sp³-hybridized carbons (Fsp3) is 0.176. The Kier molecular flexibility index (Phi) is 4.44. The molecule has 4 nitrogen and oxygen atoms in total. The maximum atomic E-state index is 12.0. The van der Waals surface area contributed by atoms with Crippen molar-refractivity contribution in [1.82, 2.24) is 0 Å². The number of carbonyl (C=O) groups excluding carboxylic acids is 2. The second kappa shape index (κ2) is 6.66. The first-order valence-corrected chi connectivity index (χ1v) is 7.97. The molecule has 0 aromatic heterocycles. The molecule has 2 amide bonds. The van der Waals surface area contributed by atoms with E-state index in [1.807, 2.05) is 42.5 Å². The van der Waals surface area contributed by atoms with Crippen molar-refractivity contribution >= 4 is 34.3 Å². The number of nitrogens with one attached hydrogen (secondary N) is 2. The van der Waals surface area contributed by atoms with Crippen LogP contribution in [0, 0.1) is 5.92 Å². The molecule has 112 valence electrons. The summed E-state index contributed by atoms with van der Waals surface area (Å²) in [4.78, 5) is 24.6. The minimum atomic E-state index is -0.156. The summed E-state index contributed by atoms with van der Waals surface area (Å²) in [6.07, 6.45) is 1.94. The fourth-order valence-corrected chi connectivity index (χ4v) is 2.68. The van der Waals surface area contributed by atoms with Gasteiger partial charge in [-0.15, -0.1) is 0 Å². The van der Waals surface area contributed by atoms with E-state index in [-0.39, 0.29) is 17.1 Å². The summed E-state index contributed by atoms with van der Waals surface area (Å²) in [6.45, 7) is 0. The number of carbonyl (C=O) groups is 2. The molecule has 0 heterocycles. The van der Waals surface area contributed by atoms with Gasteiger partial charge in [-0.05, 0) is 54.9 Å². The van der Waals surface area contributed by atoms with Crippen molar-refractivity contribution in [3.63, 3.8) is 0 Å². The topological polar surface area (TPSA) is 58.2 Å². The molecule has 2 N–H and O–H groups in total. The highest BCUT2D eigenvalue weighted by atomic mass is 32.2. The monoisotopic (exact) mass is 312 g/mol. The van der Waals surface area contributed by atoms with E-state index in [0.717, 1.165) is 29.5 Å². The van der Waals surface area contributed by atoms with Gasteiger partial charge >= 0.3 is 0 Å². The van der Waals surface area contributed by atoms with Gasteiger partial charge in [0.1, 0.15) is 0 Å². The van der Waals surface area contributed by atoms with Crippen LogP contribution in [-0.2, 0) is 4.79 Å². The van der Waals surface area contributed by atoms with E-state index in [2.05, 4.69) is 10.6 Å². The van der Waals surface area contributed by atoms with Gasteiger partial charge in [-0.3, -0.25) is 9.59 Å². The van der Waals surface area contributed by atoms with Crippen molar-refractivity contribution in [3.8, 4) is 0 Å². The lowest BCUT2D eigenvalue weighted by molar-refractivity contribution is -0.117. The third kappa shape index (κ3) is 4.11. The van der Waals surface area contributed by atoms with Crippen LogP contribution in [0.25, 0.3) is 0 Å². The zero-order chi connectivity index (χ0) is 15.4. The molecule has 3 rings (SSSR count). The zero-order valence-corrected chi connectivity index (χ0v) is 12.7. The van der Waals surface area contributed by atoms with E-state index in [0.29, 0.717) is 11.4 Å². The van der Waals surface area contributed by atoms with Crippen LogP contribution in [0.15, 0.2) is 59.5 Å². The highest BCUT2D eigenvalue weighted by molar-refractivity contribution is 8.13. The van der Waals surface area contributed by atoms with Gasteiger partial charge in [-0.25, -0.2) is 0 Å². The van der Waals surface area contributed by atoms with Crippen LogP contribution in [0.3, 0.4) is 0 Å². The molecular formula is C17H16N2O2S. The molecule has 0 unspecified atom stereocenters. The predicted octanol–water partition coefficient (Wildman–Crippen LogP) is 4.36. The van der Waals surface area contributed by atoms with E-state index in [1.54, 1.807) is 12.1 Å². The van der Waals surface area contributed by atoms with Gasteiger partial charge in [0.25, 0.3) is 5.24 Å². The Morgan fingerprint density at radius 2 is 1.59 bits per heavy atom. The molecule has 0 aliphatic heterocycles. The first-order chi connectivity index (χ1) is 10.7. The number of hydrogen-bond acceptors (Lipinski definition) is 3. The second-order valence-corrected chi connectivity index (χ2v) is 6.22. The summed E-state index contributed by atoms with van der Waals surface area (Å²) in [5.74, 6) is 0.217. The Morgan fingerprint density at radius 1 is 0.909 bits per heavy atom. The average molecular weight is 312 g/mol. The van der Waals surface area contributed by atoms with E-state index in [4.69, 9.17) is 0 Å². The Morgan fingerprint density at radius 3 is 2.27 bits per heavy atom. The number of rotatable bonds is 4. The lowest BCUT2D eigenvalue weighted by Gasteiger charge is -2.08. The van der Waals surface area contributed by atoms with Crippen LogP contribution in [0.1, 0.15) is 12.8 Å². The molecule has 0 atom stereocenters. The molecule has 1 aliphatic carbocycles. The van der Waals surface area contributed by atoms with Crippen molar-refractivity contribution in [2.75, 3.05) is 10.6 Å². The molecule has 2 aromatic rings. The molecule has 1 saturated carbocycles. The highest BCUT2D eigenvalue weighted by Crippen LogP contribution is 2.30. The van der Waals surface area contributed by atoms with E-state index < -0.39 is 0 Å². The Balaban J connectivity index is 1.59. The van der Waals surface area contributed by atoms with Crippen LogP contribution in [0.4, 0.5) is 16.2 Å². The van der Waals surface area contributed by atoms with Crippen LogP contribution in [-0.4, -0.2) is 11.1 Å². The van der Waals surface area contributed by atoms with Crippen LogP contribution in [0.2, 0.25) is 0 Å². The Labute approximate surface area is 133 Å². The molecule has 2 aromatic carbocycles. The van der Waals surface area contributed by atoms with Crippen molar-refractivity contribution < 1.29 is 9.59 Å². The number of amides is 2. The van der Waals surface area contributed by atoms with Gasteiger partial charge in [0, 0.05) is 22.2 Å². The quantitative estimate of drug-likeness (QED) is 0.825. The minimum absolute atomic E-state index is 0.0575. The Hall–Kier alpha value is -2.27. The fourth-order valence-electron chi connectivity index (χ4n) is 2.00. The standard InChI is InChI=1S/C17H16N2O2S/c20-16(12-9-10-12)18-13-5-4-6-14(11-13)19-17(21)22-15-7-2-1-3-8-15/h1-8,11-12H,9-10H2,(H,18,20)(H,19,21). The first-order valence-electron chi connectivity index (χ1n) is 7.15. The summed E-state index contributed by atoms with van der Waals surface area (Å²) in [5, 5.41) is 5.54. The lowest BCUT2D eigenvalue weighted by Crippen LogP contribution is -2.13. The summed E-state index contributed by atoms with van der Waals surface area (Å²) in [6, 6.07) is 16.7. The van der Waals surface area contributed by atoms with Crippen molar-refractivity contribution in [1.29, 1.82) is 0 Å². The van der Waals surface area contributed by atoms with Crippen LogP contribution in [0.5, 0.6) is 0 Å². The first kappa shape index (κ1) is 14.7. The number of thioether (sulfide) groups is 1. The third-order valence-corrected chi connectivity index (χ3v) is 4.07. The molecule has 0 saturated heterocycles. The summed E-state index contributed by atoms with van der Waals surface area (Å²) < 4.78 is 0. The molecule has 1 fully saturated rings. The maximum absolute atomic E-state index is 12.0. The van der Waals surface area contributed by atoms with Gasteiger partial charge in [-0.1, -0.05) is 24.3 Å². The van der Waals surface area contributed by atoms with Gasteiger partial charge in [-0.2, -0.15) is 0 Å². The summed E-state index contributed by atoms with van der Waals surface area (Å²) in [5.41, 5.74) is 1.38. The number of benzene rings is 2. The lowest BCUT2D eigenvalue weighted by atomic mass is 10.2. The molecule has 22 heavy (non-hydrogen) atoms. The molecule has 0 bridgehead atoms. The largest absolute Gasteiger partial charge is 0.326 e. The smallest absolute Gasteiger partial charge is 0.288 e. The SMILES string of the molecule is O=C(Nc1cccc(NC(=O)C2CC2)c1)Sc1ccccc1. The van der Waals surface area contributed by atoms with Crippen LogP contribution < -0.4 is 10.6 Å². The van der Waals surface area contributed by atoms with Gasteiger partial charge in [0.15, 0.2) is 0 Å². The van der Waals surface area contributed by atoms with E-state index in [9.17, 15) is 9.59 Å². The number of hydrogen-bond donors (Lipinski definition) is 2. The van der Waals surface area contributed by atoms with Crippen molar-refractivity contribution in [2.24, 2.45) is 5.92 Å². The summed E-state index contributed by atoms with van der Waals surface area (Å²) >= 11 is 1.14. The van der Waals surface area contributed by atoms with Crippen molar-refractivity contribution in [2.45, 2.75) is 17.7 Å². The molecule has 0 spiro atoms. The Bertz CT molecular complexity index is 684. The van der Waals surface area contributed by atoms with Crippen molar-refractivity contribution in [3.05, 3.63) is 54.6 Å². The van der Waals surface area contributed by atoms with Crippen LogP contribution >= 0.6 is 11.8 Å². The molecule has 1 aliphatic rings. The average Bonchev–Trinajstić information content (AvgIpc) is 3.33. The third-order valence-electron chi connectivity index (χ3n) is 3.28. The van der Waals surface area contributed by atoms with E-state index >= 15 is 0 Å². The molecule has 0 radical (unpaired) electrons. The molecule has 5 heteroatoms. The minimum Gasteiger partial charge on any atom is -0.326 e.